The zero-order valence-electron chi connectivity index (χ0n) is 23.8. The van der Waals surface area contributed by atoms with Gasteiger partial charge in [0.2, 0.25) is 0 Å². The Morgan fingerprint density at radius 1 is 1.00 bits per heavy atom. The number of aliphatic hydroxyl groups excluding tert-OH is 1. The number of carbonyl (C=O) groups is 3. The van der Waals surface area contributed by atoms with E-state index in [2.05, 4.69) is 0 Å². The van der Waals surface area contributed by atoms with Crippen LogP contribution in [0.2, 0.25) is 0 Å². The molecule has 0 unspecified atom stereocenters. The lowest BCUT2D eigenvalue weighted by Gasteiger charge is -2.41. The SMILES string of the molecule is CC(=O)OC[C@@H]1C[C@H](OC(C)=O)[C@@H](OC(C)=O)[C@H](n2cc(Cc3ccc(OCCCO)cc3)c3c(C)cccc32)O1. The molecule has 10 heteroatoms. The van der Waals surface area contributed by atoms with Gasteiger partial charge < -0.3 is 33.4 Å². The molecule has 0 spiro atoms. The number of esters is 3. The fraction of sp³-hybridized carbons (Fsp3) is 0.452. The van der Waals surface area contributed by atoms with E-state index in [-0.39, 0.29) is 19.6 Å². The Morgan fingerprint density at radius 2 is 1.73 bits per heavy atom. The van der Waals surface area contributed by atoms with Crippen LogP contribution in [-0.4, -0.2) is 65.7 Å². The minimum absolute atomic E-state index is 0.0335. The number of ether oxygens (including phenoxy) is 5. The number of nitrogens with zero attached hydrogens (tertiary/aromatic N) is 1. The molecular weight excluding hydrogens is 530 g/mol. The van der Waals surface area contributed by atoms with Crippen molar-refractivity contribution >= 4 is 28.8 Å². The summed E-state index contributed by atoms with van der Waals surface area (Å²) in [5, 5.41) is 10.0. The van der Waals surface area contributed by atoms with Crippen molar-refractivity contribution in [1.29, 1.82) is 0 Å². The van der Waals surface area contributed by atoms with Crippen LogP contribution < -0.4 is 4.74 Å². The van der Waals surface area contributed by atoms with Crippen LogP contribution in [0.1, 0.15) is 56.5 Å². The van der Waals surface area contributed by atoms with Crippen LogP contribution >= 0.6 is 0 Å². The van der Waals surface area contributed by atoms with Gasteiger partial charge in [0.15, 0.2) is 12.3 Å². The molecule has 1 aromatic heterocycles. The lowest BCUT2D eigenvalue weighted by atomic mass is 10.0. The molecule has 2 heterocycles. The van der Waals surface area contributed by atoms with Crippen molar-refractivity contribution in [2.24, 2.45) is 0 Å². The molecule has 0 bridgehead atoms. The van der Waals surface area contributed by atoms with E-state index in [4.69, 9.17) is 28.8 Å². The number of aryl methyl sites for hydroxylation is 1. The smallest absolute Gasteiger partial charge is 0.303 e. The summed E-state index contributed by atoms with van der Waals surface area (Å²) in [6.07, 6.45) is 0.174. The Balaban J connectivity index is 1.72. The summed E-state index contributed by atoms with van der Waals surface area (Å²) in [6, 6.07) is 13.8. The number of rotatable bonds is 11. The molecule has 1 aliphatic rings. The van der Waals surface area contributed by atoms with Crippen LogP contribution in [0.4, 0.5) is 0 Å². The molecule has 4 rings (SSSR count). The third kappa shape index (κ3) is 7.65. The minimum atomic E-state index is -0.927. The van der Waals surface area contributed by atoms with Gasteiger partial charge in [-0.2, -0.15) is 0 Å². The molecule has 1 fully saturated rings. The van der Waals surface area contributed by atoms with Gasteiger partial charge >= 0.3 is 17.9 Å². The quantitative estimate of drug-likeness (QED) is 0.208. The van der Waals surface area contributed by atoms with E-state index in [0.29, 0.717) is 19.4 Å². The summed E-state index contributed by atoms with van der Waals surface area (Å²) in [7, 11) is 0. The Kier molecular flexibility index (Phi) is 10.0. The third-order valence-corrected chi connectivity index (χ3v) is 6.87. The van der Waals surface area contributed by atoms with Crippen LogP contribution in [0.25, 0.3) is 10.9 Å². The molecule has 41 heavy (non-hydrogen) atoms. The minimum Gasteiger partial charge on any atom is -0.494 e. The lowest BCUT2D eigenvalue weighted by molar-refractivity contribution is -0.229. The van der Waals surface area contributed by atoms with E-state index in [1.165, 1.54) is 20.8 Å². The van der Waals surface area contributed by atoms with E-state index in [1.54, 1.807) is 0 Å². The second-order valence-corrected chi connectivity index (χ2v) is 10.2. The van der Waals surface area contributed by atoms with Gasteiger partial charge in [-0.25, -0.2) is 0 Å². The normalized spacial score (nSPS) is 20.4. The number of fused-ring (bicyclic) bond motifs is 1. The van der Waals surface area contributed by atoms with Crippen molar-refractivity contribution in [3.63, 3.8) is 0 Å². The average molecular weight is 568 g/mol. The maximum absolute atomic E-state index is 12.2. The van der Waals surface area contributed by atoms with Crippen LogP contribution in [0.5, 0.6) is 5.75 Å². The van der Waals surface area contributed by atoms with Gasteiger partial charge in [-0.3, -0.25) is 14.4 Å². The first-order valence-corrected chi connectivity index (χ1v) is 13.7. The predicted octanol–water partition coefficient (Wildman–Crippen LogP) is 4.02. The van der Waals surface area contributed by atoms with E-state index in [9.17, 15) is 14.4 Å². The third-order valence-electron chi connectivity index (χ3n) is 6.87. The highest BCUT2D eigenvalue weighted by Crippen LogP contribution is 2.37. The summed E-state index contributed by atoms with van der Waals surface area (Å²) in [4.78, 5) is 35.7. The van der Waals surface area contributed by atoms with Crippen molar-refractivity contribution in [2.45, 2.75) is 71.5 Å². The van der Waals surface area contributed by atoms with Gasteiger partial charge in [0, 0.05) is 51.8 Å². The summed E-state index contributed by atoms with van der Waals surface area (Å²) < 4.78 is 30.5. The second-order valence-electron chi connectivity index (χ2n) is 10.2. The van der Waals surface area contributed by atoms with Crippen molar-refractivity contribution in [3.8, 4) is 5.75 Å². The van der Waals surface area contributed by atoms with Crippen molar-refractivity contribution in [3.05, 3.63) is 65.4 Å². The van der Waals surface area contributed by atoms with Crippen LogP contribution in [0.3, 0.4) is 0 Å². The Hall–Kier alpha value is -3.89. The first-order chi connectivity index (χ1) is 19.7. The molecule has 0 saturated carbocycles. The van der Waals surface area contributed by atoms with E-state index >= 15 is 0 Å². The fourth-order valence-electron chi connectivity index (χ4n) is 5.21. The van der Waals surface area contributed by atoms with Crippen molar-refractivity contribution in [1.82, 2.24) is 4.57 Å². The first kappa shape index (κ1) is 30.1. The topological polar surface area (TPSA) is 123 Å². The van der Waals surface area contributed by atoms with Crippen LogP contribution in [0, 0.1) is 6.92 Å². The summed E-state index contributed by atoms with van der Waals surface area (Å²) >= 11 is 0. The molecule has 1 aliphatic heterocycles. The highest BCUT2D eigenvalue weighted by molar-refractivity contribution is 5.87. The van der Waals surface area contributed by atoms with Gasteiger partial charge in [-0.15, -0.1) is 0 Å². The molecule has 1 N–H and O–H groups in total. The molecule has 0 amide bonds. The average Bonchev–Trinajstić information content (AvgIpc) is 3.28. The molecule has 10 nitrogen and oxygen atoms in total. The second kappa shape index (κ2) is 13.6. The summed E-state index contributed by atoms with van der Waals surface area (Å²) in [5.41, 5.74) is 4.02. The number of hydrogen-bond donors (Lipinski definition) is 1. The number of benzene rings is 2. The summed E-state index contributed by atoms with van der Waals surface area (Å²) in [5.74, 6) is -0.772. The maximum atomic E-state index is 12.2. The van der Waals surface area contributed by atoms with Crippen molar-refractivity contribution in [2.75, 3.05) is 19.8 Å². The van der Waals surface area contributed by atoms with E-state index in [1.807, 2.05) is 60.2 Å². The Labute approximate surface area is 239 Å². The van der Waals surface area contributed by atoms with Gasteiger partial charge in [0.1, 0.15) is 18.5 Å². The van der Waals surface area contributed by atoms with Gasteiger partial charge in [0.05, 0.1) is 18.2 Å². The standard InChI is InChI=1S/C31H37NO9/c1-19-7-5-8-27-29(19)24(15-23-9-11-25(12-10-23)37-14-6-13-33)17-32(27)31-30(40-22(4)36)28(39-21(3)35)16-26(41-31)18-38-20(2)34/h5,7-12,17,26,28,30-31,33H,6,13-16,18H2,1-4H3/t26-,28-,30+,31+/m0/s1. The summed E-state index contributed by atoms with van der Waals surface area (Å²) in [6.45, 7) is 6.43. The lowest BCUT2D eigenvalue weighted by Crippen LogP contribution is -2.50. The van der Waals surface area contributed by atoms with Crippen molar-refractivity contribution < 1.29 is 43.2 Å². The van der Waals surface area contributed by atoms with E-state index < -0.39 is 42.4 Å². The monoisotopic (exact) mass is 567 g/mol. The molecule has 0 aliphatic carbocycles. The van der Waals surface area contributed by atoms with Gasteiger partial charge in [-0.1, -0.05) is 24.3 Å². The van der Waals surface area contributed by atoms with Gasteiger partial charge in [-0.05, 0) is 48.2 Å². The molecule has 3 aromatic rings. The molecule has 220 valence electrons. The zero-order chi connectivity index (χ0) is 29.5. The number of aromatic nitrogens is 1. The highest BCUT2D eigenvalue weighted by Gasteiger charge is 2.45. The molecular formula is C31H37NO9. The Morgan fingerprint density at radius 3 is 2.39 bits per heavy atom. The zero-order valence-corrected chi connectivity index (χ0v) is 23.8. The molecule has 4 atom stereocenters. The molecule has 1 saturated heterocycles. The van der Waals surface area contributed by atoms with Gasteiger partial charge in [0.25, 0.3) is 0 Å². The van der Waals surface area contributed by atoms with Crippen LogP contribution in [-0.2, 0) is 39.8 Å². The maximum Gasteiger partial charge on any atom is 0.303 e. The molecule has 0 radical (unpaired) electrons. The highest BCUT2D eigenvalue weighted by atomic mass is 16.6. The van der Waals surface area contributed by atoms with E-state index in [0.717, 1.165) is 33.3 Å². The predicted molar refractivity (Wildman–Crippen MR) is 149 cm³/mol. The number of carbonyl (C=O) groups excluding carboxylic acids is 3. The first-order valence-electron chi connectivity index (χ1n) is 13.7. The largest absolute Gasteiger partial charge is 0.494 e. The fourth-order valence-corrected chi connectivity index (χ4v) is 5.21. The number of hydrogen-bond acceptors (Lipinski definition) is 9. The number of aliphatic hydroxyl groups is 1. The van der Waals surface area contributed by atoms with Crippen LogP contribution in [0.15, 0.2) is 48.7 Å². The molecule has 2 aromatic carbocycles. The Bertz CT molecular complexity index is 1360.